The number of halogens is 1. The van der Waals surface area contributed by atoms with Crippen LogP contribution in [0.3, 0.4) is 0 Å². The van der Waals surface area contributed by atoms with E-state index in [1.165, 1.54) is 13.2 Å². The summed E-state index contributed by atoms with van der Waals surface area (Å²) < 4.78 is 31.4. The number of amides is 1. The highest BCUT2D eigenvalue weighted by Gasteiger charge is 2.38. The summed E-state index contributed by atoms with van der Waals surface area (Å²) in [6, 6.07) is 11.4. The maximum Gasteiger partial charge on any atom is 0.250 e. The van der Waals surface area contributed by atoms with Crippen LogP contribution in [0.1, 0.15) is 19.4 Å². The molecule has 0 N–H and O–H groups in total. The molecule has 6 nitrogen and oxygen atoms in total. The van der Waals surface area contributed by atoms with Crippen molar-refractivity contribution < 1.29 is 17.9 Å². The fourth-order valence-corrected chi connectivity index (χ4v) is 5.11. The fraction of sp³-hybridized carbons (Fsp3) is 0.350. The SMILES string of the molecule is COc1ccc(N([C@@H](C)C(=O)N2c3ccccc3C[C@H]2C)S(C)(=O)=O)cc1Cl. The number of nitrogens with zero attached hydrogens (tertiary/aromatic N) is 2. The summed E-state index contributed by atoms with van der Waals surface area (Å²) in [6.07, 6.45) is 1.82. The molecule has 0 aromatic heterocycles. The van der Waals surface area contributed by atoms with Crippen molar-refractivity contribution in [3.63, 3.8) is 0 Å². The molecule has 150 valence electrons. The molecule has 0 aliphatic carbocycles. The van der Waals surface area contributed by atoms with Gasteiger partial charge in [-0.25, -0.2) is 8.42 Å². The van der Waals surface area contributed by atoms with Gasteiger partial charge in [0.1, 0.15) is 11.8 Å². The lowest BCUT2D eigenvalue weighted by Gasteiger charge is -2.33. The number of benzene rings is 2. The Morgan fingerprint density at radius 1 is 1.29 bits per heavy atom. The van der Waals surface area contributed by atoms with E-state index in [-0.39, 0.29) is 17.0 Å². The predicted octanol–water partition coefficient (Wildman–Crippen LogP) is 3.48. The second-order valence-electron chi connectivity index (χ2n) is 6.94. The number of para-hydroxylation sites is 1. The molecular formula is C20H23ClN2O4S. The van der Waals surface area contributed by atoms with E-state index >= 15 is 0 Å². The summed E-state index contributed by atoms with van der Waals surface area (Å²) in [5.74, 6) is 0.148. The van der Waals surface area contributed by atoms with E-state index in [0.717, 1.165) is 28.2 Å². The Labute approximate surface area is 170 Å². The van der Waals surface area contributed by atoms with Gasteiger partial charge in [0.2, 0.25) is 10.0 Å². The number of rotatable bonds is 5. The minimum atomic E-state index is -3.74. The van der Waals surface area contributed by atoms with Crippen LogP contribution in [-0.2, 0) is 21.2 Å². The second kappa shape index (κ2) is 7.64. The summed E-state index contributed by atoms with van der Waals surface area (Å²) in [5.41, 5.74) is 2.22. The third-order valence-electron chi connectivity index (χ3n) is 4.90. The van der Waals surface area contributed by atoms with Gasteiger partial charge in [0.15, 0.2) is 0 Å². The van der Waals surface area contributed by atoms with Gasteiger partial charge in [0, 0.05) is 11.7 Å². The first-order valence-corrected chi connectivity index (χ1v) is 11.1. The molecule has 1 amide bonds. The number of fused-ring (bicyclic) bond motifs is 1. The Balaban J connectivity index is 2.00. The number of carbonyl (C=O) groups excluding carboxylic acids is 1. The first-order chi connectivity index (χ1) is 13.1. The molecule has 3 rings (SSSR count). The number of sulfonamides is 1. The highest BCUT2D eigenvalue weighted by Crippen LogP contribution is 2.35. The molecule has 1 aliphatic heterocycles. The number of methoxy groups -OCH3 is 1. The van der Waals surface area contributed by atoms with E-state index in [1.807, 2.05) is 31.2 Å². The highest BCUT2D eigenvalue weighted by atomic mass is 35.5. The molecule has 8 heteroatoms. The molecule has 28 heavy (non-hydrogen) atoms. The molecule has 0 unspecified atom stereocenters. The molecule has 2 aromatic rings. The number of hydrogen-bond acceptors (Lipinski definition) is 4. The monoisotopic (exact) mass is 422 g/mol. The van der Waals surface area contributed by atoms with Gasteiger partial charge < -0.3 is 9.64 Å². The van der Waals surface area contributed by atoms with Gasteiger partial charge in [-0.1, -0.05) is 29.8 Å². The van der Waals surface area contributed by atoms with Gasteiger partial charge in [0.05, 0.1) is 24.1 Å². The van der Waals surface area contributed by atoms with Crippen LogP contribution < -0.4 is 13.9 Å². The van der Waals surface area contributed by atoms with E-state index in [0.29, 0.717) is 11.4 Å². The van der Waals surface area contributed by atoms with Crippen LogP contribution in [-0.4, -0.2) is 39.8 Å². The van der Waals surface area contributed by atoms with Crippen LogP contribution in [0.2, 0.25) is 5.02 Å². The molecule has 0 saturated carbocycles. The van der Waals surface area contributed by atoms with Crippen LogP contribution >= 0.6 is 11.6 Å². The van der Waals surface area contributed by atoms with Crippen molar-refractivity contribution in [1.29, 1.82) is 0 Å². The molecule has 0 fully saturated rings. The van der Waals surface area contributed by atoms with Gasteiger partial charge in [-0.2, -0.15) is 0 Å². The average Bonchev–Trinajstić information content (AvgIpc) is 2.95. The zero-order valence-electron chi connectivity index (χ0n) is 16.2. The Morgan fingerprint density at radius 3 is 2.57 bits per heavy atom. The van der Waals surface area contributed by atoms with Crippen molar-refractivity contribution in [3.8, 4) is 5.75 Å². The topological polar surface area (TPSA) is 66.9 Å². The standard InChI is InChI=1S/C20H23ClN2O4S/c1-13-11-15-7-5-6-8-18(15)22(13)20(24)14(2)23(28(4,25)26)16-9-10-19(27-3)17(21)12-16/h5-10,12-14H,11H2,1-4H3/t13-,14+/m1/s1. The van der Waals surface area contributed by atoms with Gasteiger partial charge in [0.25, 0.3) is 5.91 Å². The van der Waals surface area contributed by atoms with Crippen LogP contribution in [0.4, 0.5) is 11.4 Å². The average molecular weight is 423 g/mol. The van der Waals surface area contributed by atoms with Crippen molar-refractivity contribution in [1.82, 2.24) is 0 Å². The van der Waals surface area contributed by atoms with E-state index in [2.05, 4.69) is 0 Å². The quantitative estimate of drug-likeness (QED) is 0.739. The normalized spacial score (nSPS) is 17.2. The molecule has 2 atom stereocenters. The minimum Gasteiger partial charge on any atom is -0.495 e. The molecular weight excluding hydrogens is 400 g/mol. The molecule has 0 bridgehead atoms. The van der Waals surface area contributed by atoms with Gasteiger partial charge >= 0.3 is 0 Å². The molecule has 0 saturated heterocycles. The van der Waals surface area contributed by atoms with Crippen LogP contribution in [0, 0.1) is 0 Å². The number of carbonyl (C=O) groups is 1. The molecule has 1 heterocycles. The maximum atomic E-state index is 13.4. The lowest BCUT2D eigenvalue weighted by molar-refractivity contribution is -0.119. The lowest BCUT2D eigenvalue weighted by Crippen LogP contribution is -2.51. The van der Waals surface area contributed by atoms with E-state index in [9.17, 15) is 13.2 Å². The molecule has 2 aromatic carbocycles. The van der Waals surface area contributed by atoms with E-state index in [1.54, 1.807) is 24.0 Å². The first kappa shape index (κ1) is 20.5. The Kier molecular flexibility index (Phi) is 5.59. The van der Waals surface area contributed by atoms with Crippen LogP contribution in [0.5, 0.6) is 5.75 Å². The van der Waals surface area contributed by atoms with Gasteiger partial charge in [-0.3, -0.25) is 9.10 Å². The first-order valence-electron chi connectivity index (χ1n) is 8.89. The number of hydrogen-bond donors (Lipinski definition) is 0. The Morgan fingerprint density at radius 2 is 1.96 bits per heavy atom. The summed E-state index contributed by atoms with van der Waals surface area (Å²) in [5, 5.41) is 0.271. The van der Waals surface area contributed by atoms with Gasteiger partial charge in [-0.15, -0.1) is 0 Å². The molecule has 0 radical (unpaired) electrons. The summed E-state index contributed by atoms with van der Waals surface area (Å²) >= 11 is 6.18. The summed E-state index contributed by atoms with van der Waals surface area (Å²) in [4.78, 5) is 15.0. The summed E-state index contributed by atoms with van der Waals surface area (Å²) in [6.45, 7) is 3.55. The number of anilines is 2. The number of ether oxygens (including phenoxy) is 1. The third kappa shape index (κ3) is 3.69. The lowest BCUT2D eigenvalue weighted by atomic mass is 10.1. The second-order valence-corrected chi connectivity index (χ2v) is 9.21. The zero-order chi connectivity index (χ0) is 20.6. The van der Waals surface area contributed by atoms with E-state index in [4.69, 9.17) is 16.3 Å². The van der Waals surface area contributed by atoms with Crippen LogP contribution in [0.25, 0.3) is 0 Å². The van der Waals surface area contributed by atoms with Crippen molar-refractivity contribution in [2.45, 2.75) is 32.4 Å². The smallest absolute Gasteiger partial charge is 0.250 e. The van der Waals surface area contributed by atoms with Gasteiger partial charge in [-0.05, 0) is 50.1 Å². The van der Waals surface area contributed by atoms with Crippen molar-refractivity contribution in [2.75, 3.05) is 22.6 Å². The van der Waals surface area contributed by atoms with Crippen molar-refractivity contribution in [2.24, 2.45) is 0 Å². The van der Waals surface area contributed by atoms with Crippen LogP contribution in [0.15, 0.2) is 42.5 Å². The van der Waals surface area contributed by atoms with Crippen molar-refractivity contribution in [3.05, 3.63) is 53.1 Å². The molecule has 1 aliphatic rings. The Bertz CT molecular complexity index is 1010. The zero-order valence-corrected chi connectivity index (χ0v) is 17.8. The third-order valence-corrected chi connectivity index (χ3v) is 6.44. The minimum absolute atomic E-state index is 0.0479. The largest absolute Gasteiger partial charge is 0.495 e. The van der Waals surface area contributed by atoms with E-state index < -0.39 is 16.1 Å². The molecule has 0 spiro atoms. The predicted molar refractivity (Wildman–Crippen MR) is 112 cm³/mol. The van der Waals surface area contributed by atoms with Crippen molar-refractivity contribution >= 4 is 38.9 Å². The fourth-order valence-electron chi connectivity index (χ4n) is 3.70. The highest BCUT2D eigenvalue weighted by molar-refractivity contribution is 7.92. The summed E-state index contributed by atoms with van der Waals surface area (Å²) in [7, 11) is -2.26. The maximum absolute atomic E-state index is 13.4. The Hall–Kier alpha value is -2.25.